The molecule has 0 radical (unpaired) electrons. The summed E-state index contributed by atoms with van der Waals surface area (Å²) >= 11 is 0. The molecule has 2 atom stereocenters. The summed E-state index contributed by atoms with van der Waals surface area (Å²) in [5, 5.41) is 0. The minimum atomic E-state index is -0.295. The van der Waals surface area contributed by atoms with E-state index in [0.29, 0.717) is 6.61 Å². The predicted octanol–water partition coefficient (Wildman–Crippen LogP) is 3.66. The highest BCUT2D eigenvalue weighted by Crippen LogP contribution is 2.41. The summed E-state index contributed by atoms with van der Waals surface area (Å²) in [6.45, 7) is 11.8. The first-order chi connectivity index (χ1) is 10.9. The van der Waals surface area contributed by atoms with E-state index in [1.165, 1.54) is 11.1 Å². The fourth-order valence-corrected chi connectivity index (χ4v) is 3.66. The van der Waals surface area contributed by atoms with Gasteiger partial charge in [0.1, 0.15) is 6.61 Å². The van der Waals surface area contributed by atoms with Crippen molar-refractivity contribution in [3.8, 4) is 0 Å². The third-order valence-corrected chi connectivity index (χ3v) is 4.87. The van der Waals surface area contributed by atoms with Gasteiger partial charge in [0.15, 0.2) is 5.90 Å². The molecule has 0 fully saturated rings. The molecule has 122 valence electrons. The Hall–Kier alpha value is -1.87. The zero-order valence-electron chi connectivity index (χ0n) is 14.5. The van der Waals surface area contributed by atoms with Crippen LogP contribution in [-0.4, -0.2) is 42.6 Å². The smallest absolute Gasteiger partial charge is 0.196 e. The van der Waals surface area contributed by atoms with E-state index >= 15 is 0 Å². The Morgan fingerprint density at radius 3 is 2.74 bits per heavy atom. The number of benzene rings is 1. The van der Waals surface area contributed by atoms with Gasteiger partial charge in [-0.1, -0.05) is 42.5 Å². The first-order valence-corrected chi connectivity index (χ1v) is 8.20. The van der Waals surface area contributed by atoms with Crippen LogP contribution in [0.3, 0.4) is 0 Å². The van der Waals surface area contributed by atoms with Crippen molar-refractivity contribution >= 4 is 12.0 Å². The lowest BCUT2D eigenvalue weighted by Gasteiger charge is -2.43. The van der Waals surface area contributed by atoms with Crippen LogP contribution in [0.1, 0.15) is 31.9 Å². The SMILES string of the molecule is C=CCN(C)[C@H]1C=Cc2ccccc2[C@@]1(C)C1=NC(C)(C)CO1. The number of fused-ring (bicyclic) bond motifs is 1. The zero-order chi connectivity index (χ0) is 16.7. The second-order valence-electron chi connectivity index (χ2n) is 7.34. The van der Waals surface area contributed by atoms with Crippen LogP contribution >= 0.6 is 0 Å². The standard InChI is InChI=1S/C20H26N2O/c1-6-13-22(5)17-12-11-15-9-7-8-10-16(15)20(17,4)18-21-19(2,3)14-23-18/h6-12,17H,1,13-14H2,2-5H3/t17-,20+/m0/s1. The van der Waals surface area contributed by atoms with Gasteiger partial charge in [-0.2, -0.15) is 0 Å². The largest absolute Gasteiger partial charge is 0.478 e. The molecule has 0 N–H and O–H groups in total. The minimum absolute atomic E-state index is 0.157. The zero-order valence-corrected chi connectivity index (χ0v) is 14.5. The molecule has 3 heteroatoms. The van der Waals surface area contributed by atoms with E-state index < -0.39 is 0 Å². The number of nitrogens with zero attached hydrogens (tertiary/aromatic N) is 2. The van der Waals surface area contributed by atoms with Gasteiger partial charge in [-0.25, -0.2) is 4.99 Å². The van der Waals surface area contributed by atoms with Crippen LogP contribution in [0.2, 0.25) is 0 Å². The monoisotopic (exact) mass is 310 g/mol. The summed E-state index contributed by atoms with van der Waals surface area (Å²) in [5.74, 6) is 0.847. The maximum atomic E-state index is 6.09. The molecule has 1 aromatic carbocycles. The molecule has 0 aromatic heterocycles. The Morgan fingerprint density at radius 2 is 2.09 bits per heavy atom. The summed E-state index contributed by atoms with van der Waals surface area (Å²) in [6.07, 6.45) is 6.42. The molecule has 0 bridgehead atoms. The van der Waals surface area contributed by atoms with Crippen LogP contribution in [0.15, 0.2) is 48.0 Å². The lowest BCUT2D eigenvalue weighted by molar-refractivity contribution is 0.210. The van der Waals surface area contributed by atoms with E-state index in [1.54, 1.807) is 0 Å². The summed E-state index contributed by atoms with van der Waals surface area (Å²) < 4.78 is 6.09. The Bertz CT molecular complexity index is 674. The van der Waals surface area contributed by atoms with Crippen LogP contribution in [0, 0.1) is 0 Å². The number of likely N-dealkylation sites (N-methyl/N-ethyl adjacent to an activating group) is 1. The maximum absolute atomic E-state index is 6.09. The second-order valence-corrected chi connectivity index (χ2v) is 7.34. The van der Waals surface area contributed by atoms with Crippen LogP contribution in [-0.2, 0) is 10.2 Å². The Morgan fingerprint density at radius 1 is 1.35 bits per heavy atom. The first kappa shape index (κ1) is 16.0. The molecule has 2 aliphatic rings. The van der Waals surface area contributed by atoms with E-state index in [9.17, 15) is 0 Å². The molecule has 0 saturated heterocycles. The van der Waals surface area contributed by atoms with Crippen molar-refractivity contribution < 1.29 is 4.74 Å². The normalized spacial score (nSPS) is 28.2. The van der Waals surface area contributed by atoms with E-state index in [0.717, 1.165) is 12.4 Å². The number of hydrogen-bond donors (Lipinski definition) is 0. The summed E-state index contributed by atoms with van der Waals surface area (Å²) in [7, 11) is 2.13. The van der Waals surface area contributed by atoms with Crippen LogP contribution in [0.4, 0.5) is 0 Å². The van der Waals surface area contributed by atoms with Gasteiger partial charge in [-0.3, -0.25) is 4.90 Å². The molecule has 0 saturated carbocycles. The average molecular weight is 310 g/mol. The molecule has 0 spiro atoms. The van der Waals surface area contributed by atoms with Gasteiger partial charge in [0, 0.05) is 12.6 Å². The topological polar surface area (TPSA) is 24.8 Å². The highest BCUT2D eigenvalue weighted by Gasteiger charge is 2.48. The second kappa shape index (κ2) is 5.64. The molecular formula is C20H26N2O. The van der Waals surface area contributed by atoms with Gasteiger partial charge in [-0.05, 0) is 38.9 Å². The molecule has 3 rings (SSSR count). The van der Waals surface area contributed by atoms with Crippen LogP contribution < -0.4 is 0 Å². The number of aliphatic imine (C=N–C) groups is 1. The van der Waals surface area contributed by atoms with Crippen molar-refractivity contribution in [1.29, 1.82) is 0 Å². The summed E-state index contributed by atoms with van der Waals surface area (Å²) in [6, 6.07) is 8.72. The molecule has 0 amide bonds. The van der Waals surface area contributed by atoms with Crippen molar-refractivity contribution in [2.45, 2.75) is 37.8 Å². The van der Waals surface area contributed by atoms with Crippen LogP contribution in [0.5, 0.6) is 0 Å². The fourth-order valence-electron chi connectivity index (χ4n) is 3.66. The highest BCUT2D eigenvalue weighted by atomic mass is 16.5. The van der Waals surface area contributed by atoms with Crippen molar-refractivity contribution in [1.82, 2.24) is 4.90 Å². The fraction of sp³-hybridized carbons (Fsp3) is 0.450. The molecule has 23 heavy (non-hydrogen) atoms. The summed E-state index contributed by atoms with van der Waals surface area (Å²) in [5.41, 5.74) is 2.07. The van der Waals surface area contributed by atoms with Crippen LogP contribution in [0.25, 0.3) is 6.08 Å². The van der Waals surface area contributed by atoms with Crippen molar-refractivity contribution in [2.75, 3.05) is 20.2 Å². The average Bonchev–Trinajstić information content (AvgIpc) is 2.88. The molecule has 1 aromatic rings. The van der Waals surface area contributed by atoms with E-state index in [4.69, 9.17) is 9.73 Å². The molecule has 1 aliphatic carbocycles. The van der Waals surface area contributed by atoms with Crippen molar-refractivity contribution in [3.63, 3.8) is 0 Å². The maximum Gasteiger partial charge on any atom is 0.196 e. The van der Waals surface area contributed by atoms with Gasteiger partial charge >= 0.3 is 0 Å². The Kier molecular flexibility index (Phi) is 3.93. The highest BCUT2D eigenvalue weighted by molar-refractivity contribution is 5.93. The number of hydrogen-bond acceptors (Lipinski definition) is 3. The Balaban J connectivity index is 2.14. The number of ether oxygens (including phenoxy) is 1. The third kappa shape index (κ3) is 2.63. The minimum Gasteiger partial charge on any atom is -0.478 e. The molecule has 3 nitrogen and oxygen atoms in total. The molecule has 0 unspecified atom stereocenters. The molecular weight excluding hydrogens is 284 g/mol. The van der Waals surface area contributed by atoms with Gasteiger partial charge < -0.3 is 4.74 Å². The van der Waals surface area contributed by atoms with Crippen molar-refractivity contribution in [3.05, 3.63) is 54.1 Å². The van der Waals surface area contributed by atoms with Crippen molar-refractivity contribution in [2.24, 2.45) is 4.99 Å². The first-order valence-electron chi connectivity index (χ1n) is 8.20. The van der Waals surface area contributed by atoms with Gasteiger partial charge in [-0.15, -0.1) is 6.58 Å². The van der Waals surface area contributed by atoms with E-state index in [1.807, 2.05) is 6.08 Å². The van der Waals surface area contributed by atoms with E-state index in [-0.39, 0.29) is 17.0 Å². The lowest BCUT2D eigenvalue weighted by Crippen LogP contribution is -2.53. The Labute approximate surface area is 139 Å². The number of rotatable bonds is 4. The van der Waals surface area contributed by atoms with Gasteiger partial charge in [0.25, 0.3) is 0 Å². The summed E-state index contributed by atoms with van der Waals surface area (Å²) in [4.78, 5) is 7.22. The van der Waals surface area contributed by atoms with Gasteiger partial charge in [0.2, 0.25) is 0 Å². The third-order valence-electron chi connectivity index (χ3n) is 4.87. The molecule has 1 heterocycles. The quantitative estimate of drug-likeness (QED) is 0.793. The van der Waals surface area contributed by atoms with E-state index in [2.05, 4.69) is 75.7 Å². The lowest BCUT2D eigenvalue weighted by atomic mass is 9.70. The van der Waals surface area contributed by atoms with Gasteiger partial charge in [0.05, 0.1) is 11.0 Å². The predicted molar refractivity (Wildman–Crippen MR) is 96.9 cm³/mol. The molecule has 1 aliphatic heterocycles.